The van der Waals surface area contributed by atoms with Gasteiger partial charge in [0.15, 0.2) is 0 Å². The van der Waals surface area contributed by atoms with Crippen LogP contribution < -0.4 is 15.0 Å². The fourth-order valence-electron chi connectivity index (χ4n) is 4.00. The van der Waals surface area contributed by atoms with Crippen LogP contribution in [0.25, 0.3) is 10.2 Å². The van der Waals surface area contributed by atoms with Crippen LogP contribution in [-0.2, 0) is 0 Å². The lowest BCUT2D eigenvalue weighted by molar-refractivity contribution is 0.102. The van der Waals surface area contributed by atoms with E-state index in [0.29, 0.717) is 22.4 Å². The summed E-state index contributed by atoms with van der Waals surface area (Å²) in [6.07, 6.45) is 5.19. The number of piperidine rings is 1. The van der Waals surface area contributed by atoms with Gasteiger partial charge in [0.25, 0.3) is 5.91 Å². The first-order valence-electron chi connectivity index (χ1n) is 9.96. The van der Waals surface area contributed by atoms with Crippen molar-refractivity contribution in [3.8, 4) is 5.75 Å². The maximum atomic E-state index is 13.1. The standard InChI is InChI=1S/C22H26N4O2S/c1-13-8-9-17(28-4)16(11-13)25-21(27)19-15(3)18-20(23-12-24-22(18)29-19)26-10-6-5-7-14(26)2/h8-9,11-12,14H,5-7,10H2,1-4H3,(H,25,27). The number of carbonyl (C=O) groups excluding carboxylic acids is 1. The van der Waals surface area contributed by atoms with Gasteiger partial charge in [-0.05, 0) is 63.3 Å². The monoisotopic (exact) mass is 410 g/mol. The predicted molar refractivity (Wildman–Crippen MR) is 118 cm³/mol. The van der Waals surface area contributed by atoms with Crippen LogP contribution in [0.4, 0.5) is 11.5 Å². The molecule has 1 aliphatic heterocycles. The number of benzene rings is 1. The first kappa shape index (κ1) is 19.6. The van der Waals surface area contributed by atoms with Gasteiger partial charge in [0.1, 0.15) is 22.7 Å². The lowest BCUT2D eigenvalue weighted by Crippen LogP contribution is -2.38. The van der Waals surface area contributed by atoms with Gasteiger partial charge in [-0.2, -0.15) is 0 Å². The number of carbonyl (C=O) groups is 1. The Morgan fingerprint density at radius 3 is 2.86 bits per heavy atom. The van der Waals surface area contributed by atoms with E-state index in [0.717, 1.165) is 40.1 Å². The summed E-state index contributed by atoms with van der Waals surface area (Å²) in [7, 11) is 1.60. The molecule has 1 N–H and O–H groups in total. The average molecular weight is 411 g/mol. The van der Waals surface area contributed by atoms with Gasteiger partial charge in [-0.1, -0.05) is 6.07 Å². The quantitative estimate of drug-likeness (QED) is 0.659. The molecular formula is C22H26N4O2S. The number of ether oxygens (including phenoxy) is 1. The van der Waals surface area contributed by atoms with Gasteiger partial charge in [-0.25, -0.2) is 9.97 Å². The highest BCUT2D eigenvalue weighted by atomic mass is 32.1. The number of nitrogens with zero attached hydrogens (tertiary/aromatic N) is 3. The van der Waals surface area contributed by atoms with Crippen LogP contribution in [0, 0.1) is 13.8 Å². The number of fused-ring (bicyclic) bond motifs is 1. The van der Waals surface area contributed by atoms with Crippen molar-refractivity contribution >= 4 is 39.0 Å². The number of nitrogens with one attached hydrogen (secondary N) is 1. The fourth-order valence-corrected chi connectivity index (χ4v) is 5.04. The molecule has 0 bridgehead atoms. The van der Waals surface area contributed by atoms with Crippen LogP contribution in [0.5, 0.6) is 5.75 Å². The minimum absolute atomic E-state index is 0.146. The summed E-state index contributed by atoms with van der Waals surface area (Å²) in [5.41, 5.74) is 2.66. The van der Waals surface area contributed by atoms with Crippen molar-refractivity contribution in [3.63, 3.8) is 0 Å². The molecule has 0 spiro atoms. The smallest absolute Gasteiger partial charge is 0.266 e. The molecule has 1 saturated heterocycles. The van der Waals surface area contributed by atoms with Crippen molar-refractivity contribution < 1.29 is 9.53 Å². The molecule has 152 valence electrons. The molecule has 6 nitrogen and oxygen atoms in total. The first-order valence-corrected chi connectivity index (χ1v) is 10.8. The molecule has 7 heteroatoms. The van der Waals surface area contributed by atoms with Gasteiger partial charge in [0, 0.05) is 12.6 Å². The third-order valence-corrected chi connectivity index (χ3v) is 6.79. The highest BCUT2D eigenvalue weighted by Crippen LogP contribution is 2.37. The number of hydrogen-bond acceptors (Lipinski definition) is 6. The molecule has 3 heterocycles. The van der Waals surface area contributed by atoms with E-state index in [1.807, 2.05) is 32.0 Å². The number of rotatable bonds is 4. The Bertz CT molecular complexity index is 1060. The molecule has 0 saturated carbocycles. The molecule has 1 aromatic carbocycles. The normalized spacial score (nSPS) is 16.8. The summed E-state index contributed by atoms with van der Waals surface area (Å²) >= 11 is 1.42. The summed E-state index contributed by atoms with van der Waals surface area (Å²) in [5.74, 6) is 1.44. The molecule has 0 aliphatic carbocycles. The number of hydrogen-bond donors (Lipinski definition) is 1. The molecule has 29 heavy (non-hydrogen) atoms. The molecule has 1 fully saturated rings. The maximum Gasteiger partial charge on any atom is 0.266 e. The highest BCUT2D eigenvalue weighted by Gasteiger charge is 2.26. The Balaban J connectivity index is 1.72. The van der Waals surface area contributed by atoms with Gasteiger partial charge < -0.3 is 15.0 Å². The van der Waals surface area contributed by atoms with Crippen molar-refractivity contribution in [3.05, 3.63) is 40.5 Å². The molecule has 2 aromatic heterocycles. The van der Waals surface area contributed by atoms with Crippen LogP contribution in [0.1, 0.15) is 47.0 Å². The molecule has 3 aromatic rings. The minimum atomic E-state index is -0.146. The van der Waals surface area contributed by atoms with Crippen LogP contribution in [0.2, 0.25) is 0 Å². The average Bonchev–Trinajstić information content (AvgIpc) is 3.06. The number of aryl methyl sites for hydroxylation is 2. The van der Waals surface area contributed by atoms with Crippen molar-refractivity contribution in [2.24, 2.45) is 0 Å². The van der Waals surface area contributed by atoms with Gasteiger partial charge in [-0.3, -0.25) is 4.79 Å². The largest absolute Gasteiger partial charge is 0.495 e. The maximum absolute atomic E-state index is 13.1. The lowest BCUT2D eigenvalue weighted by Gasteiger charge is -2.34. The number of thiophene rings is 1. The zero-order valence-corrected chi connectivity index (χ0v) is 18.1. The summed E-state index contributed by atoms with van der Waals surface area (Å²) in [5, 5.41) is 4.01. The molecule has 1 aliphatic rings. The van der Waals surface area contributed by atoms with Gasteiger partial charge >= 0.3 is 0 Å². The van der Waals surface area contributed by atoms with Crippen LogP contribution in [-0.4, -0.2) is 35.6 Å². The summed E-state index contributed by atoms with van der Waals surface area (Å²) in [4.78, 5) is 26.1. The third kappa shape index (κ3) is 3.67. The van der Waals surface area contributed by atoms with E-state index < -0.39 is 0 Å². The fraction of sp³-hybridized carbons (Fsp3) is 0.409. The zero-order chi connectivity index (χ0) is 20.5. The van der Waals surface area contributed by atoms with Crippen molar-refractivity contribution in [2.75, 3.05) is 23.9 Å². The topological polar surface area (TPSA) is 67.3 Å². The number of amides is 1. The van der Waals surface area contributed by atoms with Crippen LogP contribution in [0.3, 0.4) is 0 Å². The summed E-state index contributed by atoms with van der Waals surface area (Å²) < 4.78 is 5.40. The Morgan fingerprint density at radius 2 is 2.10 bits per heavy atom. The van der Waals surface area contributed by atoms with E-state index >= 15 is 0 Å². The Kier molecular flexibility index (Phi) is 5.41. The number of aromatic nitrogens is 2. The lowest BCUT2D eigenvalue weighted by atomic mass is 10.0. The molecule has 1 atom stereocenters. The predicted octanol–water partition coefficient (Wildman–Crippen LogP) is 4.95. The van der Waals surface area contributed by atoms with Crippen molar-refractivity contribution in [1.29, 1.82) is 0 Å². The zero-order valence-electron chi connectivity index (χ0n) is 17.3. The number of anilines is 2. The first-order chi connectivity index (χ1) is 14.0. The third-order valence-electron chi connectivity index (χ3n) is 5.59. The highest BCUT2D eigenvalue weighted by molar-refractivity contribution is 7.20. The van der Waals surface area contributed by atoms with E-state index in [2.05, 4.69) is 27.1 Å². The Hall–Kier alpha value is -2.67. The van der Waals surface area contributed by atoms with Crippen molar-refractivity contribution in [2.45, 2.75) is 46.1 Å². The van der Waals surface area contributed by atoms with E-state index in [1.165, 1.54) is 24.2 Å². The van der Waals surface area contributed by atoms with Gasteiger partial charge in [-0.15, -0.1) is 11.3 Å². The molecule has 1 amide bonds. The second kappa shape index (κ2) is 7.99. The second-order valence-corrected chi connectivity index (χ2v) is 8.63. The van der Waals surface area contributed by atoms with Gasteiger partial charge in [0.2, 0.25) is 0 Å². The molecule has 0 radical (unpaired) electrons. The van der Waals surface area contributed by atoms with Crippen LogP contribution in [0.15, 0.2) is 24.5 Å². The Labute approximate surface area is 174 Å². The van der Waals surface area contributed by atoms with E-state index in [-0.39, 0.29) is 5.91 Å². The van der Waals surface area contributed by atoms with E-state index in [1.54, 1.807) is 13.4 Å². The van der Waals surface area contributed by atoms with E-state index in [4.69, 9.17) is 4.74 Å². The second-order valence-electron chi connectivity index (χ2n) is 7.63. The molecule has 4 rings (SSSR count). The molecule has 1 unspecified atom stereocenters. The Morgan fingerprint density at radius 1 is 1.28 bits per heavy atom. The van der Waals surface area contributed by atoms with Gasteiger partial charge in [0.05, 0.1) is 23.1 Å². The minimum Gasteiger partial charge on any atom is -0.495 e. The number of methoxy groups -OCH3 is 1. The van der Waals surface area contributed by atoms with Crippen LogP contribution >= 0.6 is 11.3 Å². The summed E-state index contributed by atoms with van der Waals surface area (Å²) in [6.45, 7) is 7.21. The summed E-state index contributed by atoms with van der Waals surface area (Å²) in [6, 6.07) is 6.18. The van der Waals surface area contributed by atoms with E-state index in [9.17, 15) is 4.79 Å². The SMILES string of the molecule is COc1ccc(C)cc1NC(=O)c1sc2ncnc(N3CCCCC3C)c2c1C. The van der Waals surface area contributed by atoms with Crippen molar-refractivity contribution in [1.82, 2.24) is 9.97 Å². The molecular weight excluding hydrogens is 384 g/mol.